The minimum atomic E-state index is -4.27. The molecule has 164 valence electrons. The average Bonchev–Trinajstić information content (AvgIpc) is 3.38. The molecule has 9 nitrogen and oxygen atoms in total. The van der Waals surface area contributed by atoms with Gasteiger partial charge in [0.05, 0.1) is 30.9 Å². The van der Waals surface area contributed by atoms with Crippen LogP contribution >= 0.6 is 0 Å². The number of alkyl halides is 3. The summed E-state index contributed by atoms with van der Waals surface area (Å²) in [7, 11) is 0. The normalized spacial score (nSPS) is 11.8. The molecule has 32 heavy (non-hydrogen) atoms. The second kappa shape index (κ2) is 8.26. The summed E-state index contributed by atoms with van der Waals surface area (Å²) in [5.41, 5.74) is 2.63. The minimum absolute atomic E-state index is 0.0648. The van der Waals surface area contributed by atoms with Crippen molar-refractivity contribution in [2.75, 3.05) is 5.32 Å². The summed E-state index contributed by atoms with van der Waals surface area (Å²) in [6, 6.07) is 5.55. The number of pyridine rings is 2. The van der Waals surface area contributed by atoms with Crippen LogP contribution in [0.5, 0.6) is 0 Å². The number of hydrogen-bond acceptors (Lipinski definition) is 7. The molecule has 0 aliphatic rings. The Morgan fingerprint density at radius 3 is 2.69 bits per heavy atom. The number of anilines is 1. The Hall–Kier alpha value is -4.01. The fourth-order valence-corrected chi connectivity index (χ4v) is 3.12. The Morgan fingerprint density at radius 1 is 1.16 bits per heavy atom. The van der Waals surface area contributed by atoms with E-state index in [-0.39, 0.29) is 12.6 Å². The van der Waals surface area contributed by atoms with Crippen LogP contribution < -0.4 is 5.32 Å². The summed E-state index contributed by atoms with van der Waals surface area (Å²) in [5.74, 6) is 0.480. The molecule has 0 aliphatic heterocycles. The lowest BCUT2D eigenvalue weighted by Gasteiger charge is -2.15. The number of halogens is 3. The lowest BCUT2D eigenvalue weighted by atomic mass is 10.1. The first-order valence-corrected chi connectivity index (χ1v) is 9.71. The Morgan fingerprint density at radius 2 is 1.97 bits per heavy atom. The van der Waals surface area contributed by atoms with Crippen molar-refractivity contribution in [3.8, 4) is 23.1 Å². The zero-order valence-corrected chi connectivity index (χ0v) is 17.2. The first-order valence-electron chi connectivity index (χ1n) is 9.71. The fraction of sp³-hybridized carbons (Fsp3) is 0.300. The van der Waals surface area contributed by atoms with Gasteiger partial charge in [0.15, 0.2) is 11.5 Å². The van der Waals surface area contributed by atoms with Gasteiger partial charge >= 0.3 is 6.18 Å². The van der Waals surface area contributed by atoms with Crippen LogP contribution in [0.25, 0.3) is 28.1 Å². The standard InChI is InChI=1S/C20H18F3N9/c1-12(2)28-16-6-18(32-19-14(9-27-32)5-13(7-24)8-26-19)25-10-15(16)17-11-31(30-29-17)4-3-20(21,22)23/h5-6,8-12H,3-4H2,1-2H3,(H,25,28). The molecule has 0 fully saturated rings. The molecule has 0 saturated carbocycles. The van der Waals surface area contributed by atoms with Crippen LogP contribution in [0.2, 0.25) is 0 Å². The molecular weight excluding hydrogens is 423 g/mol. The first-order chi connectivity index (χ1) is 15.2. The van der Waals surface area contributed by atoms with Gasteiger partial charge in [-0.05, 0) is 19.9 Å². The van der Waals surface area contributed by atoms with E-state index in [0.717, 1.165) is 4.68 Å². The topological polar surface area (TPSA) is 110 Å². The van der Waals surface area contributed by atoms with Gasteiger partial charge in [0.2, 0.25) is 0 Å². The van der Waals surface area contributed by atoms with Crippen LogP contribution in [-0.4, -0.2) is 47.0 Å². The minimum Gasteiger partial charge on any atom is -0.382 e. The van der Waals surface area contributed by atoms with E-state index in [1.807, 2.05) is 19.9 Å². The van der Waals surface area contributed by atoms with Crippen molar-refractivity contribution in [1.82, 2.24) is 34.7 Å². The molecule has 4 aromatic rings. The van der Waals surface area contributed by atoms with Crippen LogP contribution in [0.1, 0.15) is 25.8 Å². The third-order valence-corrected chi connectivity index (χ3v) is 4.53. The van der Waals surface area contributed by atoms with E-state index in [9.17, 15) is 13.2 Å². The van der Waals surface area contributed by atoms with Gasteiger partial charge in [0, 0.05) is 41.1 Å². The number of aryl methyl sites for hydroxylation is 1. The highest BCUT2D eigenvalue weighted by molar-refractivity contribution is 5.79. The van der Waals surface area contributed by atoms with Gasteiger partial charge in [-0.3, -0.25) is 4.68 Å². The lowest BCUT2D eigenvalue weighted by molar-refractivity contribution is -0.137. The zero-order valence-electron chi connectivity index (χ0n) is 17.2. The molecule has 0 aliphatic carbocycles. The highest BCUT2D eigenvalue weighted by atomic mass is 19.4. The number of hydrogen-bond donors (Lipinski definition) is 1. The molecule has 0 aromatic carbocycles. The van der Waals surface area contributed by atoms with Gasteiger partial charge in [-0.1, -0.05) is 5.21 Å². The molecular formula is C20H18F3N9. The quantitative estimate of drug-likeness (QED) is 0.486. The second-order valence-electron chi connectivity index (χ2n) is 7.42. The number of aromatic nitrogens is 7. The Balaban J connectivity index is 1.70. The summed E-state index contributed by atoms with van der Waals surface area (Å²) >= 11 is 0. The predicted octanol–water partition coefficient (Wildman–Crippen LogP) is 3.72. The second-order valence-corrected chi connectivity index (χ2v) is 7.42. The van der Waals surface area contributed by atoms with Crippen molar-refractivity contribution >= 4 is 16.7 Å². The maximum Gasteiger partial charge on any atom is 0.390 e. The molecule has 4 aromatic heterocycles. The lowest BCUT2D eigenvalue weighted by Crippen LogP contribution is -2.12. The molecule has 4 rings (SSSR count). The van der Waals surface area contributed by atoms with Gasteiger partial charge < -0.3 is 5.32 Å². The number of nitrogens with one attached hydrogen (secondary N) is 1. The summed E-state index contributed by atoms with van der Waals surface area (Å²) in [6.07, 6.45) is 0.824. The smallest absolute Gasteiger partial charge is 0.382 e. The highest BCUT2D eigenvalue weighted by Crippen LogP contribution is 2.29. The molecule has 0 spiro atoms. The molecule has 4 heterocycles. The van der Waals surface area contributed by atoms with E-state index >= 15 is 0 Å². The number of nitriles is 1. The Labute approximate surface area is 180 Å². The van der Waals surface area contributed by atoms with Crippen molar-refractivity contribution in [3.63, 3.8) is 0 Å². The molecule has 12 heteroatoms. The van der Waals surface area contributed by atoms with E-state index in [1.54, 1.807) is 29.2 Å². The molecule has 0 saturated heterocycles. The summed E-state index contributed by atoms with van der Waals surface area (Å²) in [5, 5.41) is 25.2. The van der Waals surface area contributed by atoms with Crippen LogP contribution in [0.3, 0.4) is 0 Å². The maximum absolute atomic E-state index is 12.5. The first kappa shape index (κ1) is 21.2. The largest absolute Gasteiger partial charge is 0.390 e. The third kappa shape index (κ3) is 4.51. The van der Waals surface area contributed by atoms with Gasteiger partial charge in [0.1, 0.15) is 11.8 Å². The number of nitrogens with zero attached hydrogens (tertiary/aromatic N) is 8. The van der Waals surface area contributed by atoms with Crippen LogP contribution in [0, 0.1) is 11.3 Å². The molecule has 0 unspecified atom stereocenters. The molecule has 0 amide bonds. The van der Waals surface area contributed by atoms with Crippen molar-refractivity contribution in [1.29, 1.82) is 5.26 Å². The van der Waals surface area contributed by atoms with E-state index in [1.165, 1.54) is 12.4 Å². The van der Waals surface area contributed by atoms with Gasteiger partial charge in [0.25, 0.3) is 0 Å². The summed E-state index contributed by atoms with van der Waals surface area (Å²) in [6.45, 7) is 3.60. The fourth-order valence-electron chi connectivity index (χ4n) is 3.12. The molecule has 0 bridgehead atoms. The zero-order chi connectivity index (χ0) is 22.9. The van der Waals surface area contributed by atoms with Crippen molar-refractivity contribution < 1.29 is 13.2 Å². The van der Waals surface area contributed by atoms with Gasteiger partial charge in [-0.2, -0.15) is 28.2 Å². The van der Waals surface area contributed by atoms with Gasteiger partial charge in [-0.25, -0.2) is 9.97 Å². The van der Waals surface area contributed by atoms with Crippen molar-refractivity contribution in [3.05, 3.63) is 42.5 Å². The number of fused-ring (bicyclic) bond motifs is 1. The van der Waals surface area contributed by atoms with Crippen LogP contribution in [0.4, 0.5) is 18.9 Å². The predicted molar refractivity (Wildman–Crippen MR) is 110 cm³/mol. The Bertz CT molecular complexity index is 1300. The Kier molecular flexibility index (Phi) is 5.48. The highest BCUT2D eigenvalue weighted by Gasteiger charge is 2.27. The molecule has 0 radical (unpaired) electrons. The number of rotatable bonds is 6. The van der Waals surface area contributed by atoms with E-state index in [4.69, 9.17) is 5.26 Å². The van der Waals surface area contributed by atoms with Crippen molar-refractivity contribution in [2.45, 2.75) is 39.0 Å². The maximum atomic E-state index is 12.5. The molecule has 0 atom stereocenters. The molecule has 1 N–H and O–H groups in total. The van der Waals surface area contributed by atoms with E-state index in [2.05, 4.69) is 30.7 Å². The third-order valence-electron chi connectivity index (χ3n) is 4.53. The van der Waals surface area contributed by atoms with Gasteiger partial charge in [-0.15, -0.1) is 5.10 Å². The monoisotopic (exact) mass is 441 g/mol. The van der Waals surface area contributed by atoms with E-state index < -0.39 is 12.6 Å². The average molecular weight is 441 g/mol. The van der Waals surface area contributed by atoms with Crippen LogP contribution in [-0.2, 0) is 6.54 Å². The summed E-state index contributed by atoms with van der Waals surface area (Å²) in [4.78, 5) is 8.75. The summed E-state index contributed by atoms with van der Waals surface area (Å²) < 4.78 is 40.2. The van der Waals surface area contributed by atoms with Crippen LogP contribution in [0.15, 0.2) is 36.9 Å². The van der Waals surface area contributed by atoms with E-state index in [0.29, 0.717) is 39.4 Å². The van der Waals surface area contributed by atoms with Crippen molar-refractivity contribution in [2.24, 2.45) is 0 Å². The SMILES string of the molecule is CC(C)Nc1cc(-n2ncc3cc(C#N)cnc32)ncc1-c1cn(CCC(F)(F)F)nn1.